The van der Waals surface area contributed by atoms with E-state index in [4.69, 9.17) is 27.9 Å². The van der Waals surface area contributed by atoms with Crippen LogP contribution in [-0.4, -0.2) is 39.5 Å². The number of benzene rings is 1. The van der Waals surface area contributed by atoms with Crippen LogP contribution in [0, 0.1) is 0 Å². The molecule has 1 aromatic rings. The maximum atomic E-state index is 12.3. The molecule has 1 amide bonds. The Morgan fingerprint density at radius 3 is 2.44 bits per heavy atom. The van der Waals surface area contributed by atoms with E-state index in [-0.39, 0.29) is 21.5 Å². The van der Waals surface area contributed by atoms with E-state index < -0.39 is 34.5 Å². The first-order valence-corrected chi connectivity index (χ1v) is 9.84. The molecule has 1 rings (SSSR count). The summed E-state index contributed by atoms with van der Waals surface area (Å²) < 4.78 is 31.9. The number of sulfonamides is 1. The van der Waals surface area contributed by atoms with Crippen molar-refractivity contribution in [2.75, 3.05) is 13.1 Å². The molecular weight excluding hydrogens is 459 g/mol. The maximum absolute atomic E-state index is 12.3. The Hall–Kier alpha value is -1.13. The number of rotatable bonds is 8. The number of esters is 1. The molecule has 1 atom stereocenters. The van der Waals surface area contributed by atoms with Gasteiger partial charge in [-0.15, -0.1) is 6.58 Å². The predicted molar refractivity (Wildman–Crippen MR) is 98.1 cm³/mol. The maximum Gasteiger partial charge on any atom is 0.321 e. The van der Waals surface area contributed by atoms with Crippen molar-refractivity contribution < 1.29 is 22.7 Å². The number of carbonyl (C=O) groups is 2. The van der Waals surface area contributed by atoms with Gasteiger partial charge in [-0.05, 0) is 19.1 Å². The molecule has 2 N–H and O–H groups in total. The van der Waals surface area contributed by atoms with Crippen LogP contribution < -0.4 is 10.0 Å². The van der Waals surface area contributed by atoms with Crippen LogP contribution in [0.4, 0.5) is 0 Å². The van der Waals surface area contributed by atoms with Gasteiger partial charge >= 0.3 is 5.97 Å². The lowest BCUT2D eigenvalue weighted by Crippen LogP contribution is -2.38. The molecule has 7 nitrogen and oxygen atoms in total. The minimum atomic E-state index is -4.15. The number of amides is 1. The van der Waals surface area contributed by atoms with Gasteiger partial charge in [-0.3, -0.25) is 9.59 Å². The van der Waals surface area contributed by atoms with Crippen LogP contribution in [0.2, 0.25) is 10.0 Å². The van der Waals surface area contributed by atoms with E-state index in [0.29, 0.717) is 4.47 Å². The molecule has 1 aromatic carbocycles. The third-order valence-corrected chi connectivity index (χ3v) is 5.52. The fraction of sp³-hybridized carbons (Fsp3) is 0.286. The quantitative estimate of drug-likeness (QED) is 0.445. The van der Waals surface area contributed by atoms with Crippen LogP contribution in [0.5, 0.6) is 0 Å². The summed E-state index contributed by atoms with van der Waals surface area (Å²) in [6, 6.07) is 2.71. The normalized spacial score (nSPS) is 12.3. The van der Waals surface area contributed by atoms with Crippen LogP contribution in [0.1, 0.15) is 6.92 Å². The van der Waals surface area contributed by atoms with Crippen LogP contribution in [-0.2, 0) is 24.3 Å². The molecule has 11 heteroatoms. The van der Waals surface area contributed by atoms with Crippen molar-refractivity contribution in [3.8, 4) is 0 Å². The van der Waals surface area contributed by atoms with Gasteiger partial charge in [-0.25, -0.2) is 8.42 Å². The first kappa shape index (κ1) is 21.9. The van der Waals surface area contributed by atoms with Gasteiger partial charge in [-0.2, -0.15) is 4.72 Å². The van der Waals surface area contributed by atoms with Gasteiger partial charge in [0.25, 0.3) is 5.91 Å². The number of hydrogen-bond donors (Lipinski definition) is 2. The van der Waals surface area contributed by atoms with Gasteiger partial charge in [0.1, 0.15) is 11.4 Å². The SMILES string of the molecule is C=CCNC(=O)[C@@H](C)OC(=O)CNS(=O)(=O)c1c(Cl)cc(Br)cc1Cl. The Bertz CT molecular complexity index is 762. The fourth-order valence-corrected chi connectivity index (χ4v) is 4.52. The molecule has 0 spiro atoms. The summed E-state index contributed by atoms with van der Waals surface area (Å²) in [5, 5.41) is 2.22. The van der Waals surface area contributed by atoms with E-state index in [1.807, 2.05) is 4.72 Å². The molecule has 0 unspecified atom stereocenters. The van der Waals surface area contributed by atoms with Crippen molar-refractivity contribution >= 4 is 61.0 Å². The van der Waals surface area contributed by atoms with Gasteiger partial charge in [-0.1, -0.05) is 45.2 Å². The van der Waals surface area contributed by atoms with Gasteiger partial charge in [0.05, 0.1) is 10.0 Å². The highest BCUT2D eigenvalue weighted by Gasteiger charge is 2.24. The molecule has 0 aliphatic carbocycles. The van der Waals surface area contributed by atoms with E-state index in [0.717, 1.165) is 0 Å². The zero-order valence-corrected chi connectivity index (χ0v) is 16.9. The summed E-state index contributed by atoms with van der Waals surface area (Å²) in [5.41, 5.74) is 0. The first-order chi connectivity index (χ1) is 11.6. The number of ether oxygens (including phenoxy) is 1. The van der Waals surface area contributed by atoms with E-state index in [1.54, 1.807) is 0 Å². The molecule has 0 fully saturated rings. The zero-order valence-electron chi connectivity index (χ0n) is 13.0. The summed E-state index contributed by atoms with van der Waals surface area (Å²) in [6.45, 7) is 4.31. The van der Waals surface area contributed by atoms with E-state index >= 15 is 0 Å². The summed E-state index contributed by atoms with van der Waals surface area (Å²) in [5.74, 6) is -1.47. The van der Waals surface area contributed by atoms with Crippen molar-refractivity contribution in [2.24, 2.45) is 0 Å². The van der Waals surface area contributed by atoms with Crippen molar-refractivity contribution in [1.82, 2.24) is 10.0 Å². The molecule has 0 radical (unpaired) electrons. The molecular formula is C14H15BrCl2N2O5S. The second kappa shape index (κ2) is 9.54. The molecule has 0 aliphatic rings. The van der Waals surface area contributed by atoms with Crippen molar-refractivity contribution in [3.05, 3.63) is 39.3 Å². The van der Waals surface area contributed by atoms with Crippen LogP contribution in [0.3, 0.4) is 0 Å². The minimum absolute atomic E-state index is 0.114. The molecule has 0 aromatic heterocycles. The second-order valence-corrected chi connectivity index (χ2v) is 8.12. The third-order valence-electron chi connectivity index (χ3n) is 2.74. The van der Waals surface area contributed by atoms with E-state index in [2.05, 4.69) is 27.8 Å². The smallest absolute Gasteiger partial charge is 0.321 e. The predicted octanol–water partition coefficient (Wildman–Crippen LogP) is 2.27. The van der Waals surface area contributed by atoms with Crippen LogP contribution in [0.25, 0.3) is 0 Å². The summed E-state index contributed by atoms with van der Waals surface area (Å²) in [4.78, 5) is 22.9. The van der Waals surface area contributed by atoms with Crippen LogP contribution >= 0.6 is 39.1 Å². The van der Waals surface area contributed by atoms with Crippen molar-refractivity contribution in [2.45, 2.75) is 17.9 Å². The fourth-order valence-electron chi connectivity index (χ4n) is 1.62. The Kier molecular flexibility index (Phi) is 8.36. The van der Waals surface area contributed by atoms with Gasteiger partial charge in [0, 0.05) is 11.0 Å². The number of carbonyl (C=O) groups excluding carboxylic acids is 2. The summed E-state index contributed by atoms with van der Waals surface area (Å²) >= 11 is 14.9. The monoisotopic (exact) mass is 472 g/mol. The zero-order chi connectivity index (χ0) is 19.2. The van der Waals surface area contributed by atoms with Gasteiger partial charge in [0.2, 0.25) is 10.0 Å². The Morgan fingerprint density at radius 2 is 1.92 bits per heavy atom. The topological polar surface area (TPSA) is 102 Å². The number of halogens is 3. The molecule has 0 saturated heterocycles. The van der Waals surface area contributed by atoms with Crippen LogP contribution in [0.15, 0.2) is 34.2 Å². The lowest BCUT2D eigenvalue weighted by molar-refractivity contribution is -0.153. The average Bonchev–Trinajstić information content (AvgIpc) is 2.49. The summed E-state index contributed by atoms with van der Waals surface area (Å²) in [6.07, 6.45) is 0.378. The Balaban J connectivity index is 2.72. The van der Waals surface area contributed by atoms with E-state index in [9.17, 15) is 18.0 Å². The van der Waals surface area contributed by atoms with E-state index in [1.165, 1.54) is 25.1 Å². The lowest BCUT2D eigenvalue weighted by atomic mass is 10.3. The average molecular weight is 474 g/mol. The van der Waals surface area contributed by atoms with Gasteiger partial charge < -0.3 is 10.1 Å². The molecule has 0 aliphatic heterocycles. The highest BCUT2D eigenvalue weighted by Crippen LogP contribution is 2.32. The van der Waals surface area contributed by atoms with Crippen molar-refractivity contribution in [3.63, 3.8) is 0 Å². The first-order valence-electron chi connectivity index (χ1n) is 6.80. The Morgan fingerprint density at radius 1 is 1.36 bits per heavy atom. The molecule has 138 valence electrons. The summed E-state index contributed by atoms with van der Waals surface area (Å²) in [7, 11) is -4.15. The molecule has 0 saturated carbocycles. The van der Waals surface area contributed by atoms with Gasteiger partial charge in [0.15, 0.2) is 6.10 Å². The minimum Gasteiger partial charge on any atom is -0.452 e. The lowest BCUT2D eigenvalue weighted by Gasteiger charge is -2.14. The molecule has 25 heavy (non-hydrogen) atoms. The number of nitrogens with one attached hydrogen (secondary N) is 2. The standard InChI is InChI=1S/C14H15BrCl2N2O5S/c1-3-4-18-14(21)8(2)24-12(20)7-19-25(22,23)13-10(16)5-9(15)6-11(13)17/h3,5-6,8,19H,1,4,7H2,2H3,(H,18,21)/t8-/m1/s1. The molecule has 0 bridgehead atoms. The Labute approximate surface area is 163 Å². The largest absolute Gasteiger partial charge is 0.452 e. The highest BCUT2D eigenvalue weighted by molar-refractivity contribution is 9.10. The third kappa shape index (κ3) is 6.59. The second-order valence-electron chi connectivity index (χ2n) is 4.69. The van der Waals surface area contributed by atoms with Crippen molar-refractivity contribution in [1.29, 1.82) is 0 Å². The highest BCUT2D eigenvalue weighted by atomic mass is 79.9. The number of hydrogen-bond acceptors (Lipinski definition) is 5. The molecule has 0 heterocycles.